The Morgan fingerprint density at radius 2 is 1.85 bits per heavy atom. The molecule has 1 aromatic rings. The van der Waals surface area contributed by atoms with Crippen LogP contribution in [0.2, 0.25) is 0 Å². The number of allylic oxidation sites excluding steroid dienone is 1. The minimum atomic E-state index is -3.55. The van der Waals surface area contributed by atoms with Gasteiger partial charge in [0.1, 0.15) is 0 Å². The first-order valence-corrected chi connectivity index (χ1v) is 10.2. The number of aryl methyl sites for hydroxylation is 1. The first-order chi connectivity index (χ1) is 12.2. The van der Waals surface area contributed by atoms with Crippen LogP contribution in [0.5, 0.6) is 0 Å². The lowest BCUT2D eigenvalue weighted by molar-refractivity contribution is -0.136. The third kappa shape index (κ3) is 3.35. The molecule has 0 aromatic heterocycles. The van der Waals surface area contributed by atoms with Crippen LogP contribution < -0.4 is 0 Å². The fourth-order valence-electron chi connectivity index (χ4n) is 3.95. The average molecular weight is 375 g/mol. The molecule has 1 aromatic carbocycles. The van der Waals surface area contributed by atoms with Gasteiger partial charge in [0.2, 0.25) is 10.0 Å². The van der Waals surface area contributed by atoms with Gasteiger partial charge in [0.25, 0.3) is 0 Å². The van der Waals surface area contributed by atoms with Crippen molar-refractivity contribution in [2.75, 3.05) is 20.2 Å². The van der Waals surface area contributed by atoms with Crippen molar-refractivity contribution < 1.29 is 17.9 Å². The van der Waals surface area contributed by atoms with Crippen molar-refractivity contribution in [1.82, 2.24) is 4.31 Å². The van der Waals surface area contributed by atoms with Crippen LogP contribution in [-0.4, -0.2) is 38.9 Å². The molecule has 0 bridgehead atoms. The lowest BCUT2D eigenvalue weighted by atomic mass is 9.87. The number of methoxy groups -OCH3 is 1. The summed E-state index contributed by atoms with van der Waals surface area (Å²) in [7, 11) is -2.17. The molecule has 2 unspecified atom stereocenters. The highest BCUT2D eigenvalue weighted by Gasteiger charge is 2.42. The van der Waals surface area contributed by atoms with E-state index >= 15 is 0 Å². The fourth-order valence-corrected chi connectivity index (χ4v) is 5.47. The van der Waals surface area contributed by atoms with Crippen LogP contribution in [0.3, 0.4) is 0 Å². The Balaban J connectivity index is 1.88. The monoisotopic (exact) mass is 375 g/mol. The van der Waals surface area contributed by atoms with Crippen LogP contribution in [0, 0.1) is 18.8 Å². The molecule has 26 heavy (non-hydrogen) atoms. The second kappa shape index (κ2) is 7.00. The van der Waals surface area contributed by atoms with Crippen molar-refractivity contribution in [3.05, 3.63) is 53.1 Å². The summed E-state index contributed by atoms with van der Waals surface area (Å²) in [5, 5.41) is 0. The summed E-state index contributed by atoms with van der Waals surface area (Å²) in [4.78, 5) is 12.4. The number of fused-ring (bicyclic) bond motifs is 1. The number of sulfonamides is 1. The normalized spacial score (nSPS) is 24.3. The van der Waals surface area contributed by atoms with Gasteiger partial charge in [0.05, 0.1) is 12.0 Å². The van der Waals surface area contributed by atoms with Gasteiger partial charge in [-0.05, 0) is 50.7 Å². The molecule has 1 fully saturated rings. The van der Waals surface area contributed by atoms with E-state index in [1.54, 1.807) is 24.3 Å². The third-order valence-corrected chi connectivity index (χ3v) is 7.34. The Labute approximate surface area is 155 Å². The molecule has 0 radical (unpaired) electrons. The summed E-state index contributed by atoms with van der Waals surface area (Å²) in [6.45, 7) is 8.85. The first kappa shape index (κ1) is 18.9. The van der Waals surface area contributed by atoms with E-state index in [-0.39, 0.29) is 17.8 Å². The zero-order valence-corrected chi connectivity index (χ0v) is 16.3. The van der Waals surface area contributed by atoms with Crippen LogP contribution in [0.1, 0.15) is 25.3 Å². The second-order valence-electron chi connectivity index (χ2n) is 7.29. The van der Waals surface area contributed by atoms with E-state index in [1.807, 2.05) is 13.8 Å². The molecule has 1 saturated heterocycles. The Hall–Kier alpha value is -1.92. The molecule has 1 aliphatic heterocycles. The van der Waals surface area contributed by atoms with Gasteiger partial charge in [0.15, 0.2) is 0 Å². The molecule has 1 aliphatic carbocycles. The lowest BCUT2D eigenvalue weighted by Gasteiger charge is -2.18. The van der Waals surface area contributed by atoms with E-state index in [2.05, 4.69) is 6.58 Å². The zero-order valence-electron chi connectivity index (χ0n) is 15.5. The van der Waals surface area contributed by atoms with Gasteiger partial charge in [0, 0.05) is 18.7 Å². The largest absolute Gasteiger partial charge is 0.466 e. The van der Waals surface area contributed by atoms with Crippen LogP contribution in [0.15, 0.2) is 52.5 Å². The molecule has 0 amide bonds. The summed E-state index contributed by atoms with van der Waals surface area (Å²) < 4.78 is 32.5. The molecular formula is C20H25NO4S. The molecule has 140 valence electrons. The molecule has 3 rings (SSSR count). The number of esters is 1. The van der Waals surface area contributed by atoms with Crippen molar-refractivity contribution in [2.45, 2.75) is 31.6 Å². The van der Waals surface area contributed by atoms with Crippen molar-refractivity contribution in [3.8, 4) is 0 Å². The number of rotatable bonds is 3. The first-order valence-electron chi connectivity index (χ1n) is 8.75. The highest BCUT2D eigenvalue weighted by atomic mass is 32.2. The van der Waals surface area contributed by atoms with E-state index in [9.17, 15) is 13.2 Å². The molecule has 6 heteroatoms. The zero-order chi connectivity index (χ0) is 19.1. The average Bonchev–Trinajstić information content (AvgIpc) is 2.99. The smallest absolute Gasteiger partial charge is 0.333 e. The number of ether oxygens (including phenoxy) is 1. The Morgan fingerprint density at radius 3 is 2.46 bits per heavy atom. The van der Waals surface area contributed by atoms with Crippen molar-refractivity contribution >= 4 is 16.0 Å². The van der Waals surface area contributed by atoms with Crippen molar-refractivity contribution in [2.24, 2.45) is 11.8 Å². The summed E-state index contributed by atoms with van der Waals surface area (Å²) in [5.41, 5.74) is 3.65. The topological polar surface area (TPSA) is 63.7 Å². The van der Waals surface area contributed by atoms with E-state index in [0.29, 0.717) is 36.4 Å². The van der Waals surface area contributed by atoms with E-state index < -0.39 is 10.0 Å². The number of carbonyl (C=O) groups is 1. The van der Waals surface area contributed by atoms with Gasteiger partial charge < -0.3 is 4.74 Å². The van der Waals surface area contributed by atoms with Gasteiger partial charge in [-0.15, -0.1) is 0 Å². The molecule has 0 saturated carbocycles. The van der Waals surface area contributed by atoms with Crippen LogP contribution in [0.4, 0.5) is 0 Å². The van der Waals surface area contributed by atoms with Crippen LogP contribution >= 0.6 is 0 Å². The summed E-state index contributed by atoms with van der Waals surface area (Å²) in [6.07, 6.45) is 1.14. The minimum Gasteiger partial charge on any atom is -0.466 e. The summed E-state index contributed by atoms with van der Waals surface area (Å²) in [5.74, 6) is -0.211. The van der Waals surface area contributed by atoms with Gasteiger partial charge in [-0.1, -0.05) is 35.4 Å². The third-order valence-electron chi connectivity index (χ3n) is 5.50. The number of nitrogens with zero attached hydrogens (tertiary/aromatic N) is 1. The van der Waals surface area contributed by atoms with Crippen LogP contribution in [0.25, 0.3) is 0 Å². The Bertz CT molecular complexity index is 868. The highest BCUT2D eigenvalue weighted by Crippen LogP contribution is 2.41. The maximum absolute atomic E-state index is 13.0. The number of carbonyl (C=O) groups excluding carboxylic acids is 1. The summed E-state index contributed by atoms with van der Waals surface area (Å²) >= 11 is 0. The predicted molar refractivity (Wildman–Crippen MR) is 100 cm³/mol. The molecule has 1 heterocycles. The summed E-state index contributed by atoms with van der Waals surface area (Å²) in [6, 6.07) is 6.91. The van der Waals surface area contributed by atoms with Gasteiger partial charge in [-0.2, -0.15) is 4.31 Å². The Kier molecular flexibility index (Phi) is 5.08. The van der Waals surface area contributed by atoms with E-state index in [0.717, 1.165) is 16.7 Å². The molecule has 5 nitrogen and oxygen atoms in total. The quantitative estimate of drug-likeness (QED) is 0.602. The van der Waals surface area contributed by atoms with Crippen molar-refractivity contribution in [3.63, 3.8) is 0 Å². The number of hydrogen-bond acceptors (Lipinski definition) is 4. The van der Waals surface area contributed by atoms with Gasteiger partial charge >= 0.3 is 5.97 Å². The maximum atomic E-state index is 13.0. The number of benzene rings is 1. The number of hydrogen-bond donors (Lipinski definition) is 0. The van der Waals surface area contributed by atoms with E-state index in [4.69, 9.17) is 4.74 Å². The lowest BCUT2D eigenvalue weighted by Crippen LogP contribution is -2.29. The molecule has 0 spiro atoms. The minimum absolute atomic E-state index is 0.0503. The van der Waals surface area contributed by atoms with E-state index in [1.165, 1.54) is 11.4 Å². The standard InChI is InChI=1S/C20H25NO4S/c1-13-5-7-17(8-6-13)26(23,24)21-11-16-10-18(20(22)25-4)14(2)9-15(3)19(16)12-21/h5-8,16,19H,3,9-12H2,1-2,4H3. The molecular weight excluding hydrogens is 350 g/mol. The molecule has 0 N–H and O–H groups in total. The molecule has 2 atom stereocenters. The van der Waals surface area contributed by atoms with Crippen LogP contribution in [-0.2, 0) is 19.6 Å². The van der Waals surface area contributed by atoms with Gasteiger partial charge in [-0.3, -0.25) is 0 Å². The predicted octanol–water partition coefficient (Wildman–Crippen LogP) is 3.07. The maximum Gasteiger partial charge on any atom is 0.333 e. The fraction of sp³-hybridized carbons (Fsp3) is 0.450. The SMILES string of the molecule is C=C1CC(C)=C(C(=O)OC)CC2CN(S(=O)(=O)c3ccc(C)cc3)CC12. The van der Waals surface area contributed by atoms with Crippen molar-refractivity contribution in [1.29, 1.82) is 0 Å². The van der Waals surface area contributed by atoms with Gasteiger partial charge in [-0.25, -0.2) is 13.2 Å². The second-order valence-corrected chi connectivity index (χ2v) is 9.23. The highest BCUT2D eigenvalue weighted by molar-refractivity contribution is 7.89. The Morgan fingerprint density at radius 1 is 1.19 bits per heavy atom. The molecule has 2 aliphatic rings.